The molecule has 1 heterocycles. The molecular formula is C40H58N6O3. The Labute approximate surface area is 294 Å². The highest BCUT2D eigenvalue weighted by Gasteiger charge is 2.19. The van der Waals surface area contributed by atoms with Gasteiger partial charge in [-0.2, -0.15) is 4.98 Å². The van der Waals surface area contributed by atoms with E-state index in [1.165, 1.54) is 12.6 Å². The summed E-state index contributed by atoms with van der Waals surface area (Å²) >= 11 is 0. The minimum absolute atomic E-state index is 0.00343. The van der Waals surface area contributed by atoms with E-state index in [2.05, 4.69) is 112 Å². The van der Waals surface area contributed by atoms with Crippen LogP contribution in [0.1, 0.15) is 63.2 Å². The Kier molecular flexibility index (Phi) is 18.4. The quantitative estimate of drug-likeness (QED) is 0.127. The third-order valence-electron chi connectivity index (χ3n) is 7.19. The molecule has 0 saturated carbocycles. The fourth-order valence-corrected chi connectivity index (χ4v) is 4.83. The fraction of sp³-hybridized carbons (Fsp3) is 0.375. The van der Waals surface area contributed by atoms with Gasteiger partial charge in [0.25, 0.3) is 0 Å². The van der Waals surface area contributed by atoms with Gasteiger partial charge < -0.3 is 35.5 Å². The van der Waals surface area contributed by atoms with E-state index in [4.69, 9.17) is 19.3 Å². The Bertz CT molecular complexity index is 1630. The average Bonchev–Trinajstić information content (AvgIpc) is 3.07. The number of anilines is 2. The van der Waals surface area contributed by atoms with Crippen molar-refractivity contribution in [3.05, 3.63) is 102 Å². The zero-order valence-electron chi connectivity index (χ0n) is 31.4. The first-order valence-electron chi connectivity index (χ1n) is 16.4. The summed E-state index contributed by atoms with van der Waals surface area (Å²) in [5.41, 5.74) is 9.47. The molecule has 9 nitrogen and oxygen atoms in total. The smallest absolute Gasteiger partial charge is 0.222 e. The number of fused-ring (bicyclic) bond motifs is 1. The van der Waals surface area contributed by atoms with Crippen LogP contribution in [0.15, 0.2) is 79.7 Å². The van der Waals surface area contributed by atoms with Gasteiger partial charge in [0, 0.05) is 34.6 Å². The summed E-state index contributed by atoms with van der Waals surface area (Å²) in [6.07, 6.45) is 4.75. The molecule has 4 aromatic rings. The molecule has 0 saturated heterocycles. The highest BCUT2D eigenvalue weighted by atomic mass is 16.5. The molecule has 0 aliphatic rings. The third-order valence-corrected chi connectivity index (χ3v) is 7.19. The van der Waals surface area contributed by atoms with Crippen LogP contribution in [0.2, 0.25) is 0 Å². The minimum atomic E-state index is 0.00343. The lowest BCUT2D eigenvalue weighted by Crippen LogP contribution is -2.14. The van der Waals surface area contributed by atoms with Gasteiger partial charge in [-0.05, 0) is 89.1 Å². The van der Waals surface area contributed by atoms with Crippen molar-refractivity contribution in [2.45, 2.75) is 66.2 Å². The molecule has 0 fully saturated rings. The number of methoxy groups -OCH3 is 1. The molecule has 0 aliphatic carbocycles. The molecule has 0 aliphatic heterocycles. The molecule has 0 spiro atoms. The number of nitrogens with zero attached hydrogens (tertiary/aromatic N) is 3. The third kappa shape index (κ3) is 13.4. The van der Waals surface area contributed by atoms with E-state index in [-0.39, 0.29) is 5.41 Å². The normalized spacial score (nSPS) is 10.4. The van der Waals surface area contributed by atoms with Gasteiger partial charge in [-0.1, -0.05) is 70.7 Å². The number of hydrogen-bond acceptors (Lipinski definition) is 9. The van der Waals surface area contributed by atoms with Gasteiger partial charge in [-0.25, -0.2) is 4.98 Å². The first-order valence-corrected chi connectivity index (χ1v) is 16.4. The molecule has 0 amide bonds. The number of ether oxygens (including phenoxy) is 2. The SMILES string of the molecule is C=C(Nc1cc(C(C)(C)C)cc(C)c1OC)Nc1ccc(Oc2cc(C)nc(CCCN(C)C)n2)c2ccccc12.C=CCC.C=O.CN. The number of carbonyl (C=O) groups is 1. The Morgan fingerprint density at radius 3 is 2.14 bits per heavy atom. The minimum Gasteiger partial charge on any atom is -0.494 e. The van der Waals surface area contributed by atoms with Crippen molar-refractivity contribution in [1.29, 1.82) is 0 Å². The van der Waals surface area contributed by atoms with Gasteiger partial charge in [0.2, 0.25) is 5.88 Å². The molecule has 9 heteroatoms. The second kappa shape index (κ2) is 21.3. The molecule has 3 aromatic carbocycles. The van der Waals surface area contributed by atoms with Gasteiger partial charge in [0.1, 0.15) is 29.9 Å². The molecular weight excluding hydrogens is 612 g/mol. The average molecular weight is 671 g/mol. The Hall–Kier alpha value is -4.73. The number of aryl methyl sites for hydroxylation is 3. The molecule has 266 valence electrons. The van der Waals surface area contributed by atoms with Crippen LogP contribution < -0.4 is 25.8 Å². The van der Waals surface area contributed by atoms with Crippen molar-refractivity contribution < 1.29 is 14.3 Å². The van der Waals surface area contributed by atoms with Crippen molar-refractivity contribution in [1.82, 2.24) is 14.9 Å². The highest BCUT2D eigenvalue weighted by Crippen LogP contribution is 2.37. The molecule has 4 N–H and O–H groups in total. The Morgan fingerprint density at radius 1 is 0.959 bits per heavy atom. The maximum atomic E-state index is 8.00. The zero-order valence-corrected chi connectivity index (χ0v) is 31.4. The van der Waals surface area contributed by atoms with E-state index < -0.39 is 0 Å². The van der Waals surface area contributed by atoms with E-state index in [1.807, 2.05) is 50.1 Å². The number of rotatable bonds is 12. The van der Waals surface area contributed by atoms with Crippen LogP contribution in [-0.2, 0) is 16.6 Å². The van der Waals surface area contributed by atoms with Crippen LogP contribution in [0, 0.1) is 13.8 Å². The molecule has 4 rings (SSSR count). The summed E-state index contributed by atoms with van der Waals surface area (Å²) in [7, 11) is 7.34. The van der Waals surface area contributed by atoms with Crippen LogP contribution in [0.5, 0.6) is 17.4 Å². The topological polar surface area (TPSA) is 115 Å². The number of nitrogens with one attached hydrogen (secondary N) is 2. The van der Waals surface area contributed by atoms with Crippen molar-refractivity contribution in [3.8, 4) is 17.4 Å². The van der Waals surface area contributed by atoms with Crippen LogP contribution in [0.3, 0.4) is 0 Å². The van der Waals surface area contributed by atoms with Gasteiger partial charge in [0.15, 0.2) is 0 Å². The van der Waals surface area contributed by atoms with Crippen molar-refractivity contribution in [2.75, 3.05) is 45.4 Å². The van der Waals surface area contributed by atoms with E-state index in [1.54, 1.807) is 7.11 Å². The molecule has 0 unspecified atom stereocenters. The van der Waals surface area contributed by atoms with Crippen LogP contribution in [-0.4, -0.2) is 56.5 Å². The van der Waals surface area contributed by atoms with E-state index in [9.17, 15) is 0 Å². The van der Waals surface area contributed by atoms with E-state index in [0.717, 1.165) is 76.5 Å². The number of benzene rings is 3. The first kappa shape index (κ1) is 42.3. The number of carbonyl (C=O) groups excluding carboxylic acids is 1. The summed E-state index contributed by atoms with van der Waals surface area (Å²) in [6, 6.07) is 18.3. The van der Waals surface area contributed by atoms with E-state index >= 15 is 0 Å². The van der Waals surface area contributed by atoms with Crippen LogP contribution in [0.4, 0.5) is 11.4 Å². The molecule has 0 bridgehead atoms. The summed E-state index contributed by atoms with van der Waals surface area (Å²) in [5.74, 6) is 3.53. The Balaban J connectivity index is 0.00000137. The van der Waals surface area contributed by atoms with Gasteiger partial charge in [-0.3, -0.25) is 0 Å². The van der Waals surface area contributed by atoms with E-state index in [0.29, 0.717) is 11.7 Å². The number of nitrogens with two attached hydrogens (primary N) is 1. The highest BCUT2D eigenvalue weighted by molar-refractivity contribution is 5.98. The predicted octanol–water partition coefficient (Wildman–Crippen LogP) is 8.81. The predicted molar refractivity (Wildman–Crippen MR) is 208 cm³/mol. The lowest BCUT2D eigenvalue weighted by atomic mass is 9.85. The largest absolute Gasteiger partial charge is 0.494 e. The van der Waals surface area contributed by atoms with Crippen molar-refractivity contribution in [3.63, 3.8) is 0 Å². The molecule has 1 aromatic heterocycles. The maximum Gasteiger partial charge on any atom is 0.222 e. The first-order chi connectivity index (χ1) is 23.4. The van der Waals surface area contributed by atoms with Crippen LogP contribution >= 0.6 is 0 Å². The lowest BCUT2D eigenvalue weighted by Gasteiger charge is -2.24. The Morgan fingerprint density at radius 2 is 1.57 bits per heavy atom. The second-order valence-corrected chi connectivity index (χ2v) is 12.5. The number of aromatic nitrogens is 2. The summed E-state index contributed by atoms with van der Waals surface area (Å²) in [6.45, 7) is 23.4. The number of allylic oxidation sites excluding steroid dienone is 1. The van der Waals surface area contributed by atoms with Gasteiger partial charge in [0.05, 0.1) is 12.8 Å². The zero-order chi connectivity index (χ0) is 37.1. The summed E-state index contributed by atoms with van der Waals surface area (Å²) in [4.78, 5) is 19.5. The second-order valence-electron chi connectivity index (χ2n) is 12.5. The van der Waals surface area contributed by atoms with Crippen molar-refractivity contribution in [2.24, 2.45) is 5.73 Å². The summed E-state index contributed by atoms with van der Waals surface area (Å²) in [5, 5.41) is 8.88. The standard InChI is InChI=1S/C34H43N5O2.C4H8.CH5N.CH2O/c1-22-19-25(34(4,5)6)21-29(33(22)40-9)37-24(3)36-28-16-17-30(27-14-11-10-13-26(27)28)41-32-20-23(2)35-31(38-32)15-12-18-39(7)8;1-3-4-2;2*1-2/h10-11,13-14,16-17,19-21,36-37H,3,12,15,18H2,1-2,4-9H3;3H,1,4H2,2H3;2H2,1H3;1H2. The van der Waals surface area contributed by atoms with Gasteiger partial charge in [-0.15, -0.1) is 6.58 Å². The molecule has 49 heavy (non-hydrogen) atoms. The number of hydrogen-bond donors (Lipinski definition) is 3. The lowest BCUT2D eigenvalue weighted by molar-refractivity contribution is -0.0980. The fourth-order valence-electron chi connectivity index (χ4n) is 4.83. The van der Waals surface area contributed by atoms with Gasteiger partial charge >= 0.3 is 0 Å². The molecule has 0 atom stereocenters. The summed E-state index contributed by atoms with van der Waals surface area (Å²) < 4.78 is 12.1. The molecule has 0 radical (unpaired) electrons. The monoisotopic (exact) mass is 670 g/mol. The van der Waals surface area contributed by atoms with Crippen LogP contribution in [0.25, 0.3) is 10.8 Å². The van der Waals surface area contributed by atoms with Crippen molar-refractivity contribution >= 4 is 28.9 Å². The maximum absolute atomic E-state index is 8.00.